The van der Waals surface area contributed by atoms with Crippen LogP contribution in [0, 0.1) is 5.92 Å². The van der Waals surface area contributed by atoms with E-state index in [1.807, 2.05) is 24.3 Å². The van der Waals surface area contributed by atoms with Gasteiger partial charge in [-0.1, -0.05) is 104 Å². The first-order valence-corrected chi connectivity index (χ1v) is 13.6. The first-order chi connectivity index (χ1) is 18.1. The summed E-state index contributed by atoms with van der Waals surface area (Å²) in [6.07, 6.45) is 30.9. The van der Waals surface area contributed by atoms with Gasteiger partial charge in [0, 0.05) is 11.1 Å². The van der Waals surface area contributed by atoms with Gasteiger partial charge in [-0.15, -0.1) is 10.2 Å². The number of hydrogen-bond acceptors (Lipinski definition) is 4. The summed E-state index contributed by atoms with van der Waals surface area (Å²) < 4.78 is 0. The van der Waals surface area contributed by atoms with Crippen molar-refractivity contribution in [2.45, 2.75) is 64.2 Å². The quantitative estimate of drug-likeness (QED) is 0.450. The molecule has 0 spiro atoms. The Morgan fingerprint density at radius 2 is 1.41 bits per heavy atom. The Kier molecular flexibility index (Phi) is 9.70. The van der Waals surface area contributed by atoms with Gasteiger partial charge in [0.05, 0.1) is 5.69 Å². The molecule has 2 aliphatic rings. The highest BCUT2D eigenvalue weighted by molar-refractivity contribution is 5.68. The zero-order chi connectivity index (χ0) is 25.9. The molecule has 0 atom stereocenters. The van der Waals surface area contributed by atoms with E-state index in [0.29, 0.717) is 28.9 Å². The standard InChI is InChI=1S/C33H39N3O/c1-25-14-4-2-6-16-26(17-7-3-5-15-25)27-18-8-10-20-28(21-11-9-19-27)30-24-31(35-36-33(30)34)29-22-12-13-23-32(29)37/h2-7,12-17,22-24,27-28,37H,8-11,18-21H2,1H3,(H2,34,36)/b4-2-,5-3?,6-2?,7-3-,14-4?,15-5?,16-6-,17-7?,25-14?,25-15?,26-16?,26-17+. The summed E-state index contributed by atoms with van der Waals surface area (Å²) in [5.41, 5.74) is 11.4. The number of para-hydroxylation sites is 1. The number of nitrogen functional groups attached to an aromatic ring is 1. The number of nitrogens with two attached hydrogens (primary N) is 1. The smallest absolute Gasteiger partial charge is 0.149 e. The summed E-state index contributed by atoms with van der Waals surface area (Å²) in [5, 5.41) is 18.8. The molecule has 192 valence electrons. The molecule has 2 aliphatic carbocycles. The molecule has 1 aromatic heterocycles. The topological polar surface area (TPSA) is 72.0 Å². The highest BCUT2D eigenvalue weighted by atomic mass is 16.3. The molecule has 1 saturated carbocycles. The van der Waals surface area contributed by atoms with Gasteiger partial charge in [0.15, 0.2) is 0 Å². The van der Waals surface area contributed by atoms with Crippen LogP contribution in [-0.2, 0) is 0 Å². The van der Waals surface area contributed by atoms with Crippen molar-refractivity contribution >= 4 is 5.82 Å². The Bertz CT molecular complexity index is 1220. The van der Waals surface area contributed by atoms with Crippen LogP contribution in [0.25, 0.3) is 11.3 Å². The van der Waals surface area contributed by atoms with Crippen LogP contribution in [0.4, 0.5) is 5.82 Å². The maximum absolute atomic E-state index is 10.3. The predicted octanol–water partition coefficient (Wildman–Crippen LogP) is 8.38. The third kappa shape index (κ3) is 7.66. The van der Waals surface area contributed by atoms with Crippen molar-refractivity contribution < 1.29 is 5.11 Å². The molecule has 4 nitrogen and oxygen atoms in total. The van der Waals surface area contributed by atoms with E-state index in [4.69, 9.17) is 5.73 Å². The van der Waals surface area contributed by atoms with Crippen molar-refractivity contribution in [2.75, 3.05) is 5.73 Å². The SMILES string of the molecule is CC1=C\C=C/C=C\C(C2CCCCC(c3cc(-c4ccccc4O)nnc3N)CCCC2)=C/C=C\C=C1. The van der Waals surface area contributed by atoms with Crippen molar-refractivity contribution in [3.63, 3.8) is 0 Å². The van der Waals surface area contributed by atoms with E-state index in [-0.39, 0.29) is 5.75 Å². The van der Waals surface area contributed by atoms with Gasteiger partial charge in [-0.25, -0.2) is 0 Å². The zero-order valence-corrected chi connectivity index (χ0v) is 21.9. The molecule has 4 heteroatoms. The Balaban J connectivity index is 1.45. The Morgan fingerprint density at radius 3 is 2.14 bits per heavy atom. The fourth-order valence-electron chi connectivity index (χ4n) is 5.32. The minimum Gasteiger partial charge on any atom is -0.507 e. The van der Waals surface area contributed by atoms with E-state index in [1.165, 1.54) is 36.8 Å². The molecule has 0 bridgehead atoms. The molecule has 1 heterocycles. The normalized spacial score (nSPS) is 25.4. The van der Waals surface area contributed by atoms with Gasteiger partial charge in [-0.2, -0.15) is 0 Å². The predicted molar refractivity (Wildman–Crippen MR) is 155 cm³/mol. The first kappa shape index (κ1) is 26.4. The van der Waals surface area contributed by atoms with Gasteiger partial charge in [-0.05, 0) is 68.2 Å². The van der Waals surface area contributed by atoms with E-state index in [9.17, 15) is 5.11 Å². The van der Waals surface area contributed by atoms with Crippen LogP contribution in [0.3, 0.4) is 0 Å². The number of anilines is 1. The lowest BCUT2D eigenvalue weighted by atomic mass is 9.82. The molecule has 37 heavy (non-hydrogen) atoms. The number of rotatable bonds is 3. The molecule has 4 rings (SSSR count). The molecule has 0 amide bonds. The summed E-state index contributed by atoms with van der Waals surface area (Å²) >= 11 is 0. The largest absolute Gasteiger partial charge is 0.507 e. The van der Waals surface area contributed by atoms with E-state index < -0.39 is 0 Å². The van der Waals surface area contributed by atoms with Crippen LogP contribution < -0.4 is 5.73 Å². The highest BCUT2D eigenvalue weighted by Gasteiger charge is 2.20. The van der Waals surface area contributed by atoms with Crippen LogP contribution in [0.5, 0.6) is 5.75 Å². The molecule has 3 N–H and O–H groups in total. The second-order valence-electron chi connectivity index (χ2n) is 10.1. The highest BCUT2D eigenvalue weighted by Crippen LogP contribution is 2.37. The average molecular weight is 494 g/mol. The summed E-state index contributed by atoms with van der Waals surface area (Å²) in [6, 6.07) is 9.32. The summed E-state index contributed by atoms with van der Waals surface area (Å²) in [5.74, 6) is 1.68. The van der Waals surface area contributed by atoms with Crippen molar-refractivity contribution in [3.8, 4) is 17.0 Å². The van der Waals surface area contributed by atoms with Crippen molar-refractivity contribution in [3.05, 3.63) is 108 Å². The van der Waals surface area contributed by atoms with Crippen LogP contribution in [-0.4, -0.2) is 15.3 Å². The number of phenols is 1. The fraction of sp³-hybridized carbons (Fsp3) is 0.333. The number of phenolic OH excluding ortho intramolecular Hbond substituents is 1. The molecule has 1 fully saturated rings. The Hall–Kier alpha value is -3.66. The molecule has 0 radical (unpaired) electrons. The number of aromatic nitrogens is 2. The number of nitrogens with zero attached hydrogens (tertiary/aromatic N) is 2. The minimum absolute atomic E-state index is 0.215. The first-order valence-electron chi connectivity index (χ1n) is 13.6. The summed E-state index contributed by atoms with van der Waals surface area (Å²) in [4.78, 5) is 0. The van der Waals surface area contributed by atoms with Crippen molar-refractivity contribution in [1.82, 2.24) is 10.2 Å². The Labute approximate surface area is 221 Å². The van der Waals surface area contributed by atoms with Crippen LogP contribution in [0.15, 0.2) is 102 Å². The third-order valence-corrected chi connectivity index (χ3v) is 7.40. The lowest BCUT2D eigenvalue weighted by Gasteiger charge is -2.24. The molecular formula is C33H39N3O. The summed E-state index contributed by atoms with van der Waals surface area (Å²) in [6.45, 7) is 2.11. The van der Waals surface area contributed by atoms with Gasteiger partial charge in [0.2, 0.25) is 0 Å². The maximum Gasteiger partial charge on any atom is 0.149 e. The minimum atomic E-state index is 0.215. The van der Waals surface area contributed by atoms with Gasteiger partial charge < -0.3 is 10.8 Å². The number of aromatic hydroxyl groups is 1. The second-order valence-corrected chi connectivity index (χ2v) is 10.1. The monoisotopic (exact) mass is 493 g/mol. The van der Waals surface area contributed by atoms with E-state index >= 15 is 0 Å². The number of benzene rings is 1. The molecule has 2 aromatic rings. The molecular weight excluding hydrogens is 454 g/mol. The van der Waals surface area contributed by atoms with E-state index in [0.717, 1.165) is 31.2 Å². The Morgan fingerprint density at radius 1 is 0.757 bits per heavy atom. The molecule has 0 saturated heterocycles. The lowest BCUT2D eigenvalue weighted by molar-refractivity contribution is 0.412. The summed E-state index contributed by atoms with van der Waals surface area (Å²) in [7, 11) is 0. The molecule has 0 aliphatic heterocycles. The number of hydrogen-bond donors (Lipinski definition) is 2. The van der Waals surface area contributed by atoms with Gasteiger partial charge >= 0.3 is 0 Å². The fourth-order valence-corrected chi connectivity index (χ4v) is 5.32. The van der Waals surface area contributed by atoms with Crippen LogP contribution >= 0.6 is 0 Å². The average Bonchev–Trinajstić information content (AvgIpc) is 2.90. The lowest BCUT2D eigenvalue weighted by Crippen LogP contribution is -2.10. The van der Waals surface area contributed by atoms with Crippen LogP contribution in [0.2, 0.25) is 0 Å². The molecule has 0 unspecified atom stereocenters. The van der Waals surface area contributed by atoms with Gasteiger partial charge in [-0.3, -0.25) is 0 Å². The van der Waals surface area contributed by atoms with Crippen molar-refractivity contribution in [1.29, 1.82) is 0 Å². The molecule has 1 aromatic carbocycles. The van der Waals surface area contributed by atoms with E-state index in [2.05, 4.69) is 77.9 Å². The maximum atomic E-state index is 10.3. The van der Waals surface area contributed by atoms with E-state index in [1.54, 1.807) is 6.07 Å². The number of allylic oxidation sites excluding steroid dienone is 12. The van der Waals surface area contributed by atoms with Gasteiger partial charge in [0.1, 0.15) is 11.6 Å². The van der Waals surface area contributed by atoms with Gasteiger partial charge in [0.25, 0.3) is 0 Å². The third-order valence-electron chi connectivity index (χ3n) is 7.40. The van der Waals surface area contributed by atoms with Crippen molar-refractivity contribution in [2.24, 2.45) is 5.92 Å². The van der Waals surface area contributed by atoms with Crippen LogP contribution in [0.1, 0.15) is 69.8 Å². The zero-order valence-electron chi connectivity index (χ0n) is 21.9. The second kappa shape index (κ2) is 13.6.